The molecule has 0 aliphatic carbocycles. The molecular formula is C14H15ClFN3S. The number of hydrogen-bond donors (Lipinski definition) is 1. The van der Waals surface area contributed by atoms with Crippen LogP contribution < -0.4 is 10.2 Å². The van der Waals surface area contributed by atoms with Gasteiger partial charge in [0.1, 0.15) is 5.82 Å². The van der Waals surface area contributed by atoms with E-state index in [0.29, 0.717) is 6.04 Å². The molecule has 1 N–H and O–H groups in total. The molecule has 3 rings (SSSR count). The van der Waals surface area contributed by atoms with E-state index < -0.39 is 0 Å². The van der Waals surface area contributed by atoms with Crippen molar-refractivity contribution in [3.8, 4) is 0 Å². The van der Waals surface area contributed by atoms with Crippen molar-refractivity contribution >= 4 is 28.6 Å². The summed E-state index contributed by atoms with van der Waals surface area (Å²) in [5.41, 5.74) is 2.74. The van der Waals surface area contributed by atoms with Crippen LogP contribution in [0.1, 0.15) is 11.3 Å². The van der Waals surface area contributed by atoms with E-state index in [2.05, 4.69) is 15.2 Å². The van der Waals surface area contributed by atoms with Gasteiger partial charge in [-0.1, -0.05) is 11.6 Å². The van der Waals surface area contributed by atoms with Crippen LogP contribution in [-0.2, 0) is 6.54 Å². The second-order valence-corrected chi connectivity index (χ2v) is 6.26. The number of halogens is 2. The Balaban J connectivity index is 1.57. The van der Waals surface area contributed by atoms with E-state index in [1.807, 2.05) is 17.8 Å². The Kier molecular flexibility index (Phi) is 4.19. The zero-order valence-corrected chi connectivity index (χ0v) is 12.4. The summed E-state index contributed by atoms with van der Waals surface area (Å²) in [6.07, 6.45) is 2.95. The molecule has 6 heteroatoms. The van der Waals surface area contributed by atoms with Gasteiger partial charge < -0.3 is 10.2 Å². The van der Waals surface area contributed by atoms with Crippen molar-refractivity contribution in [2.75, 3.05) is 18.0 Å². The van der Waals surface area contributed by atoms with Crippen LogP contribution in [-0.4, -0.2) is 24.1 Å². The minimum absolute atomic E-state index is 0.174. The number of benzene rings is 1. The normalized spacial score (nSPS) is 18.7. The molecule has 1 aromatic heterocycles. The summed E-state index contributed by atoms with van der Waals surface area (Å²) in [7, 11) is 0. The number of rotatable bonds is 4. The third kappa shape index (κ3) is 3.11. The minimum atomic E-state index is -0.356. The Morgan fingerprint density at radius 1 is 1.50 bits per heavy atom. The summed E-state index contributed by atoms with van der Waals surface area (Å²) < 4.78 is 13.5. The fourth-order valence-electron chi connectivity index (χ4n) is 2.42. The van der Waals surface area contributed by atoms with E-state index in [-0.39, 0.29) is 10.8 Å². The van der Waals surface area contributed by atoms with Crippen LogP contribution >= 0.6 is 22.9 Å². The Labute approximate surface area is 126 Å². The second-order valence-electron chi connectivity index (χ2n) is 4.88. The molecule has 20 heavy (non-hydrogen) atoms. The maximum Gasteiger partial charge on any atom is 0.143 e. The molecule has 0 unspecified atom stereocenters. The monoisotopic (exact) mass is 311 g/mol. The highest BCUT2D eigenvalue weighted by atomic mass is 35.5. The molecular weight excluding hydrogens is 297 g/mol. The van der Waals surface area contributed by atoms with Gasteiger partial charge in [-0.3, -0.25) is 4.98 Å². The predicted octanol–water partition coefficient (Wildman–Crippen LogP) is 3.30. The Morgan fingerprint density at radius 3 is 3.15 bits per heavy atom. The zero-order valence-electron chi connectivity index (χ0n) is 10.9. The summed E-state index contributed by atoms with van der Waals surface area (Å²) in [5, 5.41) is 3.69. The summed E-state index contributed by atoms with van der Waals surface area (Å²) in [4.78, 5) is 7.48. The first-order chi connectivity index (χ1) is 9.72. The van der Waals surface area contributed by atoms with E-state index in [9.17, 15) is 4.39 Å². The molecule has 1 aliphatic heterocycles. The summed E-state index contributed by atoms with van der Waals surface area (Å²) in [6, 6.07) is 5.42. The number of nitrogens with one attached hydrogen (secondary N) is 1. The lowest BCUT2D eigenvalue weighted by molar-refractivity contribution is 0.554. The predicted molar refractivity (Wildman–Crippen MR) is 81.0 cm³/mol. The van der Waals surface area contributed by atoms with Gasteiger partial charge in [0.05, 0.1) is 10.5 Å². The number of hydrogen-bond acceptors (Lipinski definition) is 4. The molecule has 0 saturated carbocycles. The number of nitrogens with zero attached hydrogens (tertiary/aromatic N) is 2. The van der Waals surface area contributed by atoms with Crippen molar-refractivity contribution in [1.29, 1.82) is 0 Å². The molecule has 106 valence electrons. The van der Waals surface area contributed by atoms with Crippen molar-refractivity contribution in [3.05, 3.63) is 45.6 Å². The van der Waals surface area contributed by atoms with E-state index >= 15 is 0 Å². The fraction of sp³-hybridized carbons (Fsp3) is 0.357. The average Bonchev–Trinajstić information content (AvgIpc) is 3.10. The minimum Gasteiger partial charge on any atom is -0.370 e. The summed E-state index contributed by atoms with van der Waals surface area (Å²) in [5.74, 6) is -0.356. The molecule has 0 radical (unpaired) electrons. The molecule has 0 bridgehead atoms. The molecule has 2 aromatic rings. The molecule has 3 nitrogen and oxygen atoms in total. The quantitative estimate of drug-likeness (QED) is 0.939. The molecule has 0 amide bonds. The van der Waals surface area contributed by atoms with Crippen LogP contribution in [0.15, 0.2) is 29.9 Å². The standard InChI is InChI=1S/C14H15ClFN3S/c15-13-2-1-11(5-14(13)16)19-4-3-10(8-19)18-7-12-6-17-9-20-12/h1-2,5-6,9-10,18H,3-4,7-8H2/t10-/m0/s1. The van der Waals surface area contributed by atoms with Crippen molar-refractivity contribution in [2.24, 2.45) is 0 Å². The SMILES string of the molecule is Fc1cc(N2CC[C@H](NCc3cncs3)C2)ccc1Cl. The van der Waals surface area contributed by atoms with Crippen LogP contribution in [0.2, 0.25) is 5.02 Å². The van der Waals surface area contributed by atoms with Crippen molar-refractivity contribution in [1.82, 2.24) is 10.3 Å². The Hall–Kier alpha value is -1.17. The number of aromatic nitrogens is 1. The van der Waals surface area contributed by atoms with Crippen LogP contribution in [0, 0.1) is 5.82 Å². The molecule has 1 fully saturated rings. The topological polar surface area (TPSA) is 28.2 Å². The lowest BCUT2D eigenvalue weighted by atomic mass is 10.2. The molecule has 1 saturated heterocycles. The van der Waals surface area contributed by atoms with Gasteiger partial charge in [0, 0.05) is 42.4 Å². The van der Waals surface area contributed by atoms with Gasteiger partial charge in [0.25, 0.3) is 0 Å². The highest BCUT2D eigenvalue weighted by Gasteiger charge is 2.22. The Bertz CT molecular complexity index is 576. The summed E-state index contributed by atoms with van der Waals surface area (Å²) >= 11 is 7.37. The lowest BCUT2D eigenvalue weighted by Gasteiger charge is -2.19. The summed E-state index contributed by atoms with van der Waals surface area (Å²) in [6.45, 7) is 2.67. The van der Waals surface area contributed by atoms with Gasteiger partial charge in [0.2, 0.25) is 0 Å². The smallest absolute Gasteiger partial charge is 0.143 e. The van der Waals surface area contributed by atoms with Gasteiger partial charge in [-0.2, -0.15) is 0 Å². The highest BCUT2D eigenvalue weighted by Crippen LogP contribution is 2.25. The molecule has 1 aliphatic rings. The molecule has 2 heterocycles. The first-order valence-corrected chi connectivity index (χ1v) is 7.79. The zero-order chi connectivity index (χ0) is 13.9. The first-order valence-electron chi connectivity index (χ1n) is 6.53. The Morgan fingerprint density at radius 2 is 2.40 bits per heavy atom. The average molecular weight is 312 g/mol. The van der Waals surface area contributed by atoms with Crippen LogP contribution in [0.25, 0.3) is 0 Å². The van der Waals surface area contributed by atoms with E-state index in [1.165, 1.54) is 10.9 Å². The van der Waals surface area contributed by atoms with Gasteiger partial charge in [-0.25, -0.2) is 4.39 Å². The van der Waals surface area contributed by atoms with Crippen molar-refractivity contribution in [2.45, 2.75) is 19.0 Å². The third-order valence-corrected chi connectivity index (χ3v) is 4.59. The first kappa shape index (κ1) is 13.8. The van der Waals surface area contributed by atoms with Gasteiger partial charge in [-0.05, 0) is 24.6 Å². The van der Waals surface area contributed by atoms with E-state index in [1.54, 1.807) is 17.4 Å². The molecule has 0 spiro atoms. The maximum absolute atomic E-state index is 13.5. The van der Waals surface area contributed by atoms with Crippen molar-refractivity contribution < 1.29 is 4.39 Å². The largest absolute Gasteiger partial charge is 0.370 e. The van der Waals surface area contributed by atoms with E-state index in [4.69, 9.17) is 11.6 Å². The fourth-order valence-corrected chi connectivity index (χ4v) is 3.08. The van der Waals surface area contributed by atoms with Gasteiger partial charge in [-0.15, -0.1) is 11.3 Å². The van der Waals surface area contributed by atoms with Gasteiger partial charge >= 0.3 is 0 Å². The number of thiazole rings is 1. The van der Waals surface area contributed by atoms with Crippen LogP contribution in [0.5, 0.6) is 0 Å². The second kappa shape index (κ2) is 6.08. The third-order valence-electron chi connectivity index (χ3n) is 3.51. The van der Waals surface area contributed by atoms with E-state index in [0.717, 1.165) is 31.7 Å². The lowest BCUT2D eigenvalue weighted by Crippen LogP contribution is -2.31. The molecule has 1 atom stereocenters. The number of anilines is 1. The van der Waals surface area contributed by atoms with Crippen molar-refractivity contribution in [3.63, 3.8) is 0 Å². The molecule has 1 aromatic carbocycles. The maximum atomic E-state index is 13.5. The highest BCUT2D eigenvalue weighted by molar-refractivity contribution is 7.09. The van der Waals surface area contributed by atoms with Crippen LogP contribution in [0.4, 0.5) is 10.1 Å². The van der Waals surface area contributed by atoms with Gasteiger partial charge in [0.15, 0.2) is 0 Å². The van der Waals surface area contributed by atoms with Crippen LogP contribution in [0.3, 0.4) is 0 Å².